The van der Waals surface area contributed by atoms with Crippen LogP contribution in [-0.4, -0.2) is 48.9 Å². The SMILES string of the molecule is CN1CCC(N(C)/C=C(/C#N)C(=O)Nc2ccc(N)cc2Cl)CC1. The van der Waals surface area contributed by atoms with E-state index in [9.17, 15) is 10.1 Å². The summed E-state index contributed by atoms with van der Waals surface area (Å²) in [6.07, 6.45) is 3.62. The maximum Gasteiger partial charge on any atom is 0.267 e. The minimum Gasteiger partial charge on any atom is -0.399 e. The van der Waals surface area contributed by atoms with Gasteiger partial charge in [-0.15, -0.1) is 0 Å². The van der Waals surface area contributed by atoms with E-state index in [0.717, 1.165) is 25.9 Å². The smallest absolute Gasteiger partial charge is 0.267 e. The Balaban J connectivity index is 2.06. The minimum atomic E-state index is -0.482. The van der Waals surface area contributed by atoms with Crippen molar-refractivity contribution < 1.29 is 4.79 Å². The van der Waals surface area contributed by atoms with Crippen LogP contribution in [0, 0.1) is 11.3 Å². The van der Waals surface area contributed by atoms with Gasteiger partial charge < -0.3 is 20.9 Å². The molecule has 1 aliphatic heterocycles. The first-order valence-electron chi connectivity index (χ1n) is 7.79. The molecule has 2 rings (SSSR count). The van der Waals surface area contributed by atoms with Gasteiger partial charge in [0.1, 0.15) is 11.6 Å². The minimum absolute atomic E-state index is 0.0457. The van der Waals surface area contributed by atoms with Crippen LogP contribution in [0.4, 0.5) is 11.4 Å². The van der Waals surface area contributed by atoms with Crippen LogP contribution in [0.5, 0.6) is 0 Å². The standard InChI is InChI=1S/C17H22ClN5O/c1-22-7-5-14(6-8-22)23(2)11-12(10-19)17(24)21-16-4-3-13(20)9-15(16)18/h3-4,9,11,14H,5-8,20H2,1-2H3,(H,21,24)/b12-11-. The number of carbonyl (C=O) groups is 1. The first-order chi connectivity index (χ1) is 11.4. The Labute approximate surface area is 147 Å². The zero-order valence-electron chi connectivity index (χ0n) is 13.9. The molecule has 0 saturated carbocycles. The Kier molecular flexibility index (Phi) is 6.07. The Morgan fingerprint density at radius 1 is 1.50 bits per heavy atom. The zero-order chi connectivity index (χ0) is 17.7. The summed E-state index contributed by atoms with van der Waals surface area (Å²) in [5.41, 5.74) is 6.62. The van der Waals surface area contributed by atoms with Gasteiger partial charge in [-0.05, 0) is 51.2 Å². The van der Waals surface area contributed by atoms with Gasteiger partial charge in [-0.3, -0.25) is 4.79 Å². The lowest BCUT2D eigenvalue weighted by Crippen LogP contribution is -2.40. The van der Waals surface area contributed by atoms with E-state index in [1.165, 1.54) is 0 Å². The molecule has 6 nitrogen and oxygen atoms in total. The number of rotatable bonds is 4. The average molecular weight is 348 g/mol. The highest BCUT2D eigenvalue weighted by atomic mass is 35.5. The summed E-state index contributed by atoms with van der Waals surface area (Å²) >= 11 is 6.05. The molecule has 1 aliphatic rings. The molecule has 0 radical (unpaired) electrons. The molecule has 128 valence electrons. The summed E-state index contributed by atoms with van der Waals surface area (Å²) in [4.78, 5) is 16.6. The van der Waals surface area contributed by atoms with Crippen LogP contribution in [0.2, 0.25) is 5.02 Å². The van der Waals surface area contributed by atoms with E-state index in [1.807, 2.05) is 18.0 Å². The Morgan fingerprint density at radius 2 is 2.17 bits per heavy atom. The third-order valence-electron chi connectivity index (χ3n) is 4.20. The number of piperidine rings is 1. The van der Waals surface area contributed by atoms with Gasteiger partial charge in [0.05, 0.1) is 10.7 Å². The van der Waals surface area contributed by atoms with Gasteiger partial charge in [-0.25, -0.2) is 0 Å². The fraction of sp³-hybridized carbons (Fsp3) is 0.412. The van der Waals surface area contributed by atoms with Crippen LogP contribution < -0.4 is 11.1 Å². The second-order valence-corrected chi connectivity index (χ2v) is 6.46. The first-order valence-corrected chi connectivity index (χ1v) is 8.17. The van der Waals surface area contributed by atoms with Crippen LogP contribution in [0.3, 0.4) is 0 Å². The third-order valence-corrected chi connectivity index (χ3v) is 4.52. The van der Waals surface area contributed by atoms with Crippen LogP contribution in [0.25, 0.3) is 0 Å². The number of halogens is 1. The van der Waals surface area contributed by atoms with E-state index in [1.54, 1.807) is 24.4 Å². The molecule has 0 unspecified atom stereocenters. The number of nitrogens with one attached hydrogen (secondary N) is 1. The first kappa shape index (κ1) is 18.1. The lowest BCUT2D eigenvalue weighted by atomic mass is 10.0. The van der Waals surface area contributed by atoms with E-state index >= 15 is 0 Å². The van der Waals surface area contributed by atoms with E-state index in [0.29, 0.717) is 22.4 Å². The zero-order valence-corrected chi connectivity index (χ0v) is 14.7. The van der Waals surface area contributed by atoms with Gasteiger partial charge in [0.25, 0.3) is 5.91 Å². The van der Waals surface area contributed by atoms with Crippen molar-refractivity contribution in [2.45, 2.75) is 18.9 Å². The van der Waals surface area contributed by atoms with Crippen molar-refractivity contribution in [3.8, 4) is 6.07 Å². The van der Waals surface area contributed by atoms with Gasteiger partial charge in [-0.1, -0.05) is 11.6 Å². The third kappa shape index (κ3) is 4.63. The molecule has 0 bridgehead atoms. The number of nitriles is 1. The van der Waals surface area contributed by atoms with Crippen molar-refractivity contribution in [1.29, 1.82) is 5.26 Å². The summed E-state index contributed by atoms with van der Waals surface area (Å²) in [5.74, 6) is -0.482. The van der Waals surface area contributed by atoms with Crippen LogP contribution in [0.15, 0.2) is 30.0 Å². The molecule has 0 spiro atoms. The molecule has 1 amide bonds. The molecule has 3 N–H and O–H groups in total. The molecule has 1 saturated heterocycles. The number of nitrogen functional groups attached to an aromatic ring is 1. The summed E-state index contributed by atoms with van der Waals surface area (Å²) < 4.78 is 0. The highest BCUT2D eigenvalue weighted by Gasteiger charge is 2.20. The number of hydrogen-bond donors (Lipinski definition) is 2. The summed E-state index contributed by atoms with van der Waals surface area (Å²) in [5, 5.41) is 12.3. The number of benzene rings is 1. The van der Waals surface area contributed by atoms with Crippen molar-refractivity contribution in [2.75, 3.05) is 38.2 Å². The van der Waals surface area contributed by atoms with Crippen LogP contribution in [-0.2, 0) is 4.79 Å². The summed E-state index contributed by atoms with van der Waals surface area (Å²) in [6, 6.07) is 7.10. The predicted octanol–water partition coefficient (Wildman–Crippen LogP) is 2.29. The Morgan fingerprint density at radius 3 is 2.75 bits per heavy atom. The van der Waals surface area contributed by atoms with Gasteiger partial charge in [0, 0.05) is 25.0 Å². The highest BCUT2D eigenvalue weighted by Crippen LogP contribution is 2.24. The van der Waals surface area contributed by atoms with Crippen LogP contribution >= 0.6 is 11.6 Å². The van der Waals surface area contributed by atoms with E-state index < -0.39 is 5.91 Å². The lowest BCUT2D eigenvalue weighted by molar-refractivity contribution is -0.112. The second kappa shape index (κ2) is 8.04. The van der Waals surface area contributed by atoms with Crippen molar-refractivity contribution in [1.82, 2.24) is 9.80 Å². The predicted molar refractivity (Wildman–Crippen MR) is 96.5 cm³/mol. The van der Waals surface area contributed by atoms with E-state index in [2.05, 4.69) is 17.3 Å². The molecule has 0 aromatic heterocycles. The Hall–Kier alpha value is -2.23. The maximum absolute atomic E-state index is 12.3. The molecule has 1 aromatic rings. The molecular weight excluding hydrogens is 326 g/mol. The number of nitrogens with zero attached hydrogens (tertiary/aromatic N) is 3. The number of hydrogen-bond acceptors (Lipinski definition) is 5. The molecule has 1 fully saturated rings. The number of amides is 1. The number of anilines is 2. The van der Waals surface area contributed by atoms with Crippen LogP contribution in [0.1, 0.15) is 12.8 Å². The van der Waals surface area contributed by atoms with Crippen molar-refractivity contribution in [3.63, 3.8) is 0 Å². The molecule has 7 heteroatoms. The Bertz CT molecular complexity index is 674. The van der Waals surface area contributed by atoms with Gasteiger partial charge in [-0.2, -0.15) is 5.26 Å². The summed E-state index contributed by atoms with van der Waals surface area (Å²) in [6.45, 7) is 2.02. The van der Waals surface area contributed by atoms with Crippen molar-refractivity contribution in [2.24, 2.45) is 0 Å². The fourth-order valence-electron chi connectivity index (χ4n) is 2.67. The van der Waals surface area contributed by atoms with E-state index in [-0.39, 0.29) is 5.57 Å². The average Bonchev–Trinajstić information content (AvgIpc) is 2.55. The lowest BCUT2D eigenvalue weighted by Gasteiger charge is -2.34. The number of carbonyl (C=O) groups excluding carboxylic acids is 1. The topological polar surface area (TPSA) is 85.4 Å². The molecule has 0 aliphatic carbocycles. The molecular formula is C17H22ClN5O. The van der Waals surface area contributed by atoms with Gasteiger partial charge >= 0.3 is 0 Å². The molecule has 0 atom stereocenters. The van der Waals surface area contributed by atoms with Gasteiger partial charge in [0.2, 0.25) is 0 Å². The van der Waals surface area contributed by atoms with Crippen molar-refractivity contribution in [3.05, 3.63) is 35.0 Å². The summed E-state index contributed by atoms with van der Waals surface area (Å²) in [7, 11) is 3.99. The largest absolute Gasteiger partial charge is 0.399 e. The monoisotopic (exact) mass is 347 g/mol. The number of nitrogens with two attached hydrogens (primary N) is 1. The quantitative estimate of drug-likeness (QED) is 0.496. The van der Waals surface area contributed by atoms with Gasteiger partial charge in [0.15, 0.2) is 0 Å². The highest BCUT2D eigenvalue weighted by molar-refractivity contribution is 6.34. The molecule has 1 heterocycles. The molecule has 24 heavy (non-hydrogen) atoms. The second-order valence-electron chi connectivity index (χ2n) is 6.05. The fourth-order valence-corrected chi connectivity index (χ4v) is 2.91. The maximum atomic E-state index is 12.3. The number of likely N-dealkylation sites (tertiary alicyclic amines) is 1. The van der Waals surface area contributed by atoms with E-state index in [4.69, 9.17) is 17.3 Å². The molecule has 1 aromatic carbocycles. The van der Waals surface area contributed by atoms with Crippen molar-refractivity contribution >= 4 is 28.9 Å². The normalized spacial score (nSPS) is 16.5.